The maximum absolute atomic E-state index is 12.1. The molecule has 0 aromatic heterocycles. The molecule has 0 radical (unpaired) electrons. The van der Waals surface area contributed by atoms with Gasteiger partial charge in [-0.05, 0) is 88.4 Å². The number of hydrogen-bond donors (Lipinski definition) is 4. The maximum atomic E-state index is 12.1. The number of hydrogen-bond acceptors (Lipinski definition) is 4. The predicted octanol–water partition coefficient (Wildman–Crippen LogP) is 3.48. The van der Waals surface area contributed by atoms with Gasteiger partial charge in [-0.25, -0.2) is 0 Å². The molecule has 5 heteroatoms. The molecule has 0 saturated heterocycles. The second-order valence-corrected chi connectivity index (χ2v) is 10.9. The highest BCUT2D eigenvalue weighted by Crippen LogP contribution is 2.59. The number of nitrogens with one attached hydrogen (secondary N) is 1. The van der Waals surface area contributed by atoms with E-state index in [4.69, 9.17) is 0 Å². The van der Waals surface area contributed by atoms with Crippen molar-refractivity contribution in [1.82, 2.24) is 5.32 Å². The Morgan fingerprint density at radius 1 is 1.23 bits per heavy atom. The molecule has 5 nitrogen and oxygen atoms in total. The fourth-order valence-corrected chi connectivity index (χ4v) is 6.36. The molecule has 0 bridgehead atoms. The van der Waals surface area contributed by atoms with E-state index in [1.54, 1.807) is 0 Å². The van der Waals surface area contributed by atoms with Crippen LogP contribution >= 0.6 is 0 Å². The van der Waals surface area contributed by atoms with Gasteiger partial charge in [0, 0.05) is 6.54 Å². The Morgan fingerprint density at radius 2 is 1.90 bits per heavy atom. The van der Waals surface area contributed by atoms with Gasteiger partial charge in [0.15, 0.2) is 0 Å². The highest BCUT2D eigenvalue weighted by Gasteiger charge is 2.50. The zero-order chi connectivity index (χ0) is 22.1. The molecule has 30 heavy (non-hydrogen) atoms. The van der Waals surface area contributed by atoms with Crippen LogP contribution in [-0.4, -0.2) is 45.6 Å². The van der Waals surface area contributed by atoms with Crippen LogP contribution in [0.15, 0.2) is 23.3 Å². The van der Waals surface area contributed by atoms with Crippen molar-refractivity contribution in [1.29, 1.82) is 0 Å². The van der Waals surface area contributed by atoms with Gasteiger partial charge >= 0.3 is 0 Å². The van der Waals surface area contributed by atoms with Crippen LogP contribution in [0.4, 0.5) is 0 Å². The zero-order valence-corrected chi connectivity index (χ0v) is 19.2. The summed E-state index contributed by atoms with van der Waals surface area (Å²) in [6.45, 7) is 8.31. The molecule has 3 rings (SSSR count). The Morgan fingerprint density at radius 3 is 2.53 bits per heavy atom. The van der Waals surface area contributed by atoms with Crippen LogP contribution in [0.5, 0.6) is 0 Å². The van der Waals surface area contributed by atoms with E-state index in [2.05, 4.69) is 31.3 Å². The van der Waals surface area contributed by atoms with Gasteiger partial charge in [0.25, 0.3) is 5.91 Å². The van der Waals surface area contributed by atoms with Crippen molar-refractivity contribution in [3.8, 4) is 0 Å². The Hall–Kier alpha value is -1.17. The van der Waals surface area contributed by atoms with E-state index in [1.165, 1.54) is 45.1 Å². The molecule has 0 aliphatic heterocycles. The largest absolute Gasteiger partial charge is 0.393 e. The van der Waals surface area contributed by atoms with Crippen molar-refractivity contribution < 1.29 is 20.1 Å². The van der Waals surface area contributed by atoms with Gasteiger partial charge in [0.1, 0.15) is 5.60 Å². The van der Waals surface area contributed by atoms with E-state index >= 15 is 0 Å². The first-order valence-corrected chi connectivity index (χ1v) is 11.8. The van der Waals surface area contributed by atoms with Crippen molar-refractivity contribution in [2.75, 3.05) is 6.54 Å². The Labute approximate surface area is 181 Å². The molecule has 0 aromatic carbocycles. The van der Waals surface area contributed by atoms with E-state index in [9.17, 15) is 20.1 Å². The third kappa shape index (κ3) is 5.17. The van der Waals surface area contributed by atoms with Crippen molar-refractivity contribution in [2.45, 2.75) is 96.9 Å². The molecule has 3 fully saturated rings. The van der Waals surface area contributed by atoms with Gasteiger partial charge in [0.05, 0.1) is 12.2 Å². The number of aliphatic hydroxyl groups excluding tert-OH is 2. The number of aliphatic hydroxyl groups is 3. The summed E-state index contributed by atoms with van der Waals surface area (Å²) >= 11 is 0. The van der Waals surface area contributed by atoms with E-state index in [0.29, 0.717) is 43.6 Å². The first-order chi connectivity index (χ1) is 14.0. The standard InChI is InChI=1S/C25H41NO4/c1-16(15-26-23(29)24(2,3)30)21-9-10-22-18(6-5-11-25(21,22)4)8-7-17-12-19(27)14-20(28)13-17/h7-8,16,19-22,27-28,30H,5-6,9-15H2,1-4H3,(H,26,29)/b18-8+/t16-,19-,20-,21-,22?,25-/m1/s1. The monoisotopic (exact) mass is 419 g/mol. The Balaban J connectivity index is 1.68. The van der Waals surface area contributed by atoms with Crippen LogP contribution in [-0.2, 0) is 4.79 Å². The lowest BCUT2D eigenvalue weighted by Crippen LogP contribution is -2.45. The van der Waals surface area contributed by atoms with Crippen LogP contribution in [0.3, 0.4) is 0 Å². The number of fused-ring (bicyclic) bond motifs is 1. The molecule has 1 unspecified atom stereocenters. The van der Waals surface area contributed by atoms with Crippen LogP contribution < -0.4 is 5.32 Å². The first kappa shape index (κ1) is 23.5. The second kappa shape index (κ2) is 9.13. The third-order valence-corrected chi connectivity index (χ3v) is 7.94. The zero-order valence-electron chi connectivity index (χ0n) is 19.2. The summed E-state index contributed by atoms with van der Waals surface area (Å²) in [7, 11) is 0. The number of amides is 1. The van der Waals surface area contributed by atoms with Crippen LogP contribution in [0.1, 0.15) is 79.1 Å². The molecular weight excluding hydrogens is 378 g/mol. The number of allylic oxidation sites excluding steroid dienone is 3. The molecule has 3 aliphatic carbocycles. The maximum Gasteiger partial charge on any atom is 0.251 e. The van der Waals surface area contributed by atoms with Crippen molar-refractivity contribution >= 4 is 5.91 Å². The van der Waals surface area contributed by atoms with Gasteiger partial charge in [-0.1, -0.05) is 37.1 Å². The first-order valence-electron chi connectivity index (χ1n) is 11.8. The topological polar surface area (TPSA) is 89.8 Å². The lowest BCUT2D eigenvalue weighted by atomic mass is 9.61. The van der Waals surface area contributed by atoms with Gasteiger partial charge in [-0.15, -0.1) is 0 Å². The SMILES string of the molecule is C[C@H](CNC(=O)C(C)(C)O)[C@H]1CCC2/C(=C/C=C3C[C@@H](O)C[C@H](O)C3)CCC[C@@]21C. The van der Waals surface area contributed by atoms with Crippen molar-refractivity contribution in [3.63, 3.8) is 0 Å². The summed E-state index contributed by atoms with van der Waals surface area (Å²) in [6, 6.07) is 0. The summed E-state index contributed by atoms with van der Waals surface area (Å²) in [5.41, 5.74) is 1.57. The highest BCUT2D eigenvalue weighted by molar-refractivity contribution is 5.83. The average Bonchev–Trinajstić information content (AvgIpc) is 3.00. The Bertz CT molecular complexity index is 680. The molecule has 170 valence electrons. The molecular formula is C25H41NO4. The average molecular weight is 420 g/mol. The minimum absolute atomic E-state index is 0.243. The van der Waals surface area contributed by atoms with Crippen LogP contribution in [0.25, 0.3) is 0 Å². The van der Waals surface area contributed by atoms with Gasteiger partial charge < -0.3 is 20.6 Å². The third-order valence-electron chi connectivity index (χ3n) is 7.94. The van der Waals surface area contributed by atoms with E-state index < -0.39 is 17.8 Å². The predicted molar refractivity (Wildman–Crippen MR) is 119 cm³/mol. The van der Waals surface area contributed by atoms with Gasteiger partial charge in [0.2, 0.25) is 0 Å². The molecule has 0 heterocycles. The molecule has 0 aromatic rings. The van der Waals surface area contributed by atoms with E-state index in [-0.39, 0.29) is 11.3 Å². The molecule has 3 aliphatic rings. The number of carbonyl (C=O) groups excluding carboxylic acids is 1. The fraction of sp³-hybridized carbons (Fsp3) is 0.800. The second-order valence-electron chi connectivity index (χ2n) is 10.9. The molecule has 4 N–H and O–H groups in total. The van der Waals surface area contributed by atoms with E-state index in [1.807, 2.05) is 0 Å². The molecule has 0 spiro atoms. The summed E-state index contributed by atoms with van der Waals surface area (Å²) in [4.78, 5) is 12.1. The number of rotatable bonds is 5. The summed E-state index contributed by atoms with van der Waals surface area (Å²) in [5.74, 6) is 1.19. The van der Waals surface area contributed by atoms with Gasteiger partial charge in [-0.2, -0.15) is 0 Å². The fourth-order valence-electron chi connectivity index (χ4n) is 6.36. The molecule has 6 atom stereocenters. The lowest BCUT2D eigenvalue weighted by molar-refractivity contribution is -0.136. The van der Waals surface area contributed by atoms with Crippen LogP contribution in [0, 0.1) is 23.2 Å². The minimum atomic E-state index is -1.34. The summed E-state index contributed by atoms with van der Waals surface area (Å²) < 4.78 is 0. The number of carbonyl (C=O) groups is 1. The quantitative estimate of drug-likeness (QED) is 0.549. The summed E-state index contributed by atoms with van der Waals surface area (Å²) in [6.07, 6.45) is 11.3. The van der Waals surface area contributed by atoms with Crippen molar-refractivity contribution in [2.24, 2.45) is 23.2 Å². The molecule has 3 saturated carbocycles. The summed E-state index contributed by atoms with van der Waals surface area (Å²) in [5, 5.41) is 32.7. The lowest BCUT2D eigenvalue weighted by Gasteiger charge is -2.44. The molecule has 1 amide bonds. The van der Waals surface area contributed by atoms with E-state index in [0.717, 1.165) is 12.0 Å². The van der Waals surface area contributed by atoms with Crippen LogP contribution in [0.2, 0.25) is 0 Å². The van der Waals surface area contributed by atoms with Gasteiger partial charge in [-0.3, -0.25) is 4.79 Å². The highest BCUT2D eigenvalue weighted by atomic mass is 16.3. The Kier molecular flexibility index (Phi) is 7.15. The smallest absolute Gasteiger partial charge is 0.251 e. The minimum Gasteiger partial charge on any atom is -0.393 e. The van der Waals surface area contributed by atoms with Crippen molar-refractivity contribution in [3.05, 3.63) is 23.3 Å². The normalized spacial score (nSPS) is 37.0.